The van der Waals surface area contributed by atoms with E-state index >= 15 is 0 Å². The molecule has 1 N–H and O–H groups in total. The molecule has 0 spiro atoms. The minimum Gasteiger partial charge on any atom is -0.488 e. The van der Waals surface area contributed by atoms with Crippen molar-refractivity contribution < 1.29 is 14.3 Å². The number of halogens is 1. The Hall–Kier alpha value is -2.62. The maximum absolute atomic E-state index is 12.2. The van der Waals surface area contributed by atoms with Crippen LogP contribution in [0.3, 0.4) is 0 Å². The van der Waals surface area contributed by atoms with Crippen LogP contribution in [0.5, 0.6) is 5.75 Å². The molecule has 0 saturated heterocycles. The number of hydrogen-bond donors (Lipinski definition) is 1. The Kier molecular flexibility index (Phi) is 8.56. The summed E-state index contributed by atoms with van der Waals surface area (Å²) < 4.78 is 11.7. The summed E-state index contributed by atoms with van der Waals surface area (Å²) in [6, 6.07) is 17.2. The minimum atomic E-state index is -0.414. The van der Waals surface area contributed by atoms with Crippen molar-refractivity contribution in [3.05, 3.63) is 69.7 Å². The van der Waals surface area contributed by atoms with Crippen LogP contribution in [0.25, 0.3) is 6.08 Å². The van der Waals surface area contributed by atoms with Crippen molar-refractivity contribution in [2.75, 3.05) is 20.3 Å². The van der Waals surface area contributed by atoms with Crippen LogP contribution in [-0.4, -0.2) is 26.2 Å². The van der Waals surface area contributed by atoms with Gasteiger partial charge in [-0.15, -0.1) is 0 Å². The maximum Gasteiger partial charge on any atom is 0.261 e. The predicted octanol–water partition coefficient (Wildman–Crippen LogP) is 4.09. The summed E-state index contributed by atoms with van der Waals surface area (Å²) >= 11 is 3.42. The van der Waals surface area contributed by atoms with Gasteiger partial charge >= 0.3 is 0 Å². The number of carbonyl (C=O) groups excluding carboxylic acids is 1. The third kappa shape index (κ3) is 6.89. The third-order valence-electron chi connectivity index (χ3n) is 3.68. The molecule has 0 atom stereocenters. The number of hydrogen-bond acceptors (Lipinski definition) is 4. The lowest BCUT2D eigenvalue weighted by atomic mass is 10.1. The van der Waals surface area contributed by atoms with Crippen LogP contribution in [0.2, 0.25) is 0 Å². The first-order valence-electron chi connectivity index (χ1n) is 8.49. The normalized spacial score (nSPS) is 10.9. The molecule has 27 heavy (non-hydrogen) atoms. The summed E-state index contributed by atoms with van der Waals surface area (Å²) in [6.07, 6.45) is 2.22. The van der Waals surface area contributed by atoms with Crippen molar-refractivity contribution in [3.8, 4) is 11.8 Å². The number of methoxy groups -OCH3 is 1. The molecular weight excluding hydrogens is 408 g/mol. The van der Waals surface area contributed by atoms with E-state index in [2.05, 4.69) is 21.2 Å². The highest BCUT2D eigenvalue weighted by molar-refractivity contribution is 9.10. The van der Waals surface area contributed by atoms with Crippen molar-refractivity contribution in [2.45, 2.75) is 13.0 Å². The monoisotopic (exact) mass is 428 g/mol. The average Bonchev–Trinajstić information content (AvgIpc) is 2.69. The van der Waals surface area contributed by atoms with Gasteiger partial charge in [0.05, 0.1) is 0 Å². The zero-order chi connectivity index (χ0) is 19.5. The van der Waals surface area contributed by atoms with Crippen LogP contribution in [0.1, 0.15) is 17.5 Å². The Morgan fingerprint density at radius 2 is 2.04 bits per heavy atom. The van der Waals surface area contributed by atoms with E-state index in [1.165, 1.54) is 6.08 Å². The Labute approximate surface area is 167 Å². The Morgan fingerprint density at radius 1 is 1.26 bits per heavy atom. The van der Waals surface area contributed by atoms with Crippen LogP contribution in [0.15, 0.2) is 58.6 Å². The lowest BCUT2D eigenvalue weighted by Gasteiger charge is -2.11. The van der Waals surface area contributed by atoms with Crippen LogP contribution < -0.4 is 10.1 Å². The fourth-order valence-electron chi connectivity index (χ4n) is 2.32. The quantitative estimate of drug-likeness (QED) is 0.370. The molecule has 0 aromatic heterocycles. The van der Waals surface area contributed by atoms with Crippen LogP contribution in [0.4, 0.5) is 0 Å². The molecule has 0 saturated carbocycles. The zero-order valence-electron chi connectivity index (χ0n) is 15.1. The molecule has 0 heterocycles. The first kappa shape index (κ1) is 20.7. The highest BCUT2D eigenvalue weighted by atomic mass is 79.9. The summed E-state index contributed by atoms with van der Waals surface area (Å²) in [6.45, 7) is 1.39. The van der Waals surface area contributed by atoms with Gasteiger partial charge in [0.1, 0.15) is 24.0 Å². The number of nitrogens with zero attached hydrogens (tertiary/aromatic N) is 1. The minimum absolute atomic E-state index is 0.0232. The van der Waals surface area contributed by atoms with Crippen molar-refractivity contribution in [1.82, 2.24) is 5.32 Å². The average molecular weight is 429 g/mol. The molecule has 0 bridgehead atoms. The van der Waals surface area contributed by atoms with Crippen LogP contribution >= 0.6 is 15.9 Å². The van der Waals surface area contributed by atoms with Gasteiger partial charge in [-0.2, -0.15) is 5.26 Å². The standard InChI is InChI=1S/C21H21BrN2O3/c1-26-11-5-10-24-21(25)18(14-23)12-17-13-19(22)8-9-20(17)27-15-16-6-3-2-4-7-16/h2-4,6-9,12-13H,5,10-11,15H2,1H3,(H,24,25)/b18-12+. The van der Waals surface area contributed by atoms with Gasteiger partial charge in [-0.05, 0) is 36.3 Å². The van der Waals surface area contributed by atoms with Crippen LogP contribution in [-0.2, 0) is 16.1 Å². The lowest BCUT2D eigenvalue weighted by molar-refractivity contribution is -0.117. The van der Waals surface area contributed by atoms with E-state index in [0.717, 1.165) is 10.0 Å². The Morgan fingerprint density at radius 3 is 2.74 bits per heavy atom. The summed E-state index contributed by atoms with van der Waals surface area (Å²) in [4.78, 5) is 12.2. The Balaban J connectivity index is 2.14. The fourth-order valence-corrected chi connectivity index (χ4v) is 2.70. The molecule has 0 aliphatic rings. The molecule has 2 aromatic carbocycles. The highest BCUT2D eigenvalue weighted by Crippen LogP contribution is 2.26. The Bertz CT molecular complexity index is 829. The van der Waals surface area contributed by atoms with Gasteiger partial charge < -0.3 is 14.8 Å². The first-order valence-corrected chi connectivity index (χ1v) is 9.28. The van der Waals surface area contributed by atoms with Gasteiger partial charge in [0.15, 0.2) is 0 Å². The smallest absolute Gasteiger partial charge is 0.261 e. The lowest BCUT2D eigenvalue weighted by Crippen LogP contribution is -2.26. The molecule has 0 unspecified atom stereocenters. The number of ether oxygens (including phenoxy) is 2. The molecule has 6 heteroatoms. The number of rotatable bonds is 9. The molecule has 140 valence electrons. The molecule has 5 nitrogen and oxygen atoms in total. The zero-order valence-corrected chi connectivity index (χ0v) is 16.7. The number of benzene rings is 2. The maximum atomic E-state index is 12.2. The van der Waals surface area contributed by atoms with Crippen molar-refractivity contribution in [1.29, 1.82) is 5.26 Å². The van der Waals surface area contributed by atoms with Gasteiger partial charge in [0.25, 0.3) is 5.91 Å². The second-order valence-corrected chi connectivity index (χ2v) is 6.64. The number of nitriles is 1. The van der Waals surface area contributed by atoms with Gasteiger partial charge in [0.2, 0.25) is 0 Å². The summed E-state index contributed by atoms with van der Waals surface area (Å²) in [7, 11) is 1.60. The largest absolute Gasteiger partial charge is 0.488 e. The number of amides is 1. The SMILES string of the molecule is COCCCNC(=O)/C(C#N)=C/c1cc(Br)ccc1OCc1ccccc1. The van der Waals surface area contributed by atoms with Crippen molar-refractivity contribution in [3.63, 3.8) is 0 Å². The molecule has 0 aliphatic carbocycles. The molecule has 2 aromatic rings. The molecule has 0 fully saturated rings. The molecule has 2 rings (SSSR count). The number of nitrogens with one attached hydrogen (secondary N) is 1. The highest BCUT2D eigenvalue weighted by Gasteiger charge is 2.11. The summed E-state index contributed by atoms with van der Waals surface area (Å²) in [5, 5.41) is 12.1. The predicted molar refractivity (Wildman–Crippen MR) is 108 cm³/mol. The van der Waals surface area contributed by atoms with Crippen molar-refractivity contribution >= 4 is 27.9 Å². The number of carbonyl (C=O) groups is 1. The van der Waals surface area contributed by atoms with Gasteiger partial charge in [0, 0.05) is 30.3 Å². The second kappa shape index (κ2) is 11.2. The van der Waals surface area contributed by atoms with E-state index in [1.54, 1.807) is 7.11 Å². The van der Waals surface area contributed by atoms with Gasteiger partial charge in [-0.1, -0.05) is 46.3 Å². The first-order chi connectivity index (χ1) is 13.1. The van der Waals surface area contributed by atoms with E-state index in [4.69, 9.17) is 9.47 Å². The topological polar surface area (TPSA) is 71.3 Å². The molecule has 0 radical (unpaired) electrons. The van der Waals surface area contributed by atoms with E-state index in [1.807, 2.05) is 54.6 Å². The molecule has 1 amide bonds. The van der Waals surface area contributed by atoms with E-state index < -0.39 is 5.91 Å². The van der Waals surface area contributed by atoms with Crippen LogP contribution in [0, 0.1) is 11.3 Å². The molecule has 0 aliphatic heterocycles. The van der Waals surface area contributed by atoms with Gasteiger partial charge in [-0.25, -0.2) is 0 Å². The fraction of sp³-hybridized carbons (Fsp3) is 0.238. The third-order valence-corrected chi connectivity index (χ3v) is 4.18. The van der Waals surface area contributed by atoms with Crippen molar-refractivity contribution in [2.24, 2.45) is 0 Å². The summed E-state index contributed by atoms with van der Waals surface area (Å²) in [5.74, 6) is 0.185. The molecular formula is C21H21BrN2O3. The summed E-state index contributed by atoms with van der Waals surface area (Å²) in [5.41, 5.74) is 1.71. The van der Waals surface area contributed by atoms with Gasteiger partial charge in [-0.3, -0.25) is 4.79 Å². The second-order valence-electron chi connectivity index (χ2n) is 5.73. The van der Waals surface area contributed by atoms with E-state index in [9.17, 15) is 10.1 Å². The van der Waals surface area contributed by atoms with E-state index in [-0.39, 0.29) is 5.57 Å². The van der Waals surface area contributed by atoms with E-state index in [0.29, 0.717) is 37.5 Å².